The Bertz CT molecular complexity index is 418. The van der Waals surface area contributed by atoms with Crippen LogP contribution in [-0.4, -0.2) is 18.5 Å². The Morgan fingerprint density at radius 1 is 1.25 bits per heavy atom. The largest absolute Gasteiger partial charge is 0.320 e. The van der Waals surface area contributed by atoms with Crippen LogP contribution in [0.2, 0.25) is 0 Å². The van der Waals surface area contributed by atoms with E-state index in [1.54, 1.807) is 0 Å². The molecule has 20 heavy (non-hydrogen) atoms. The average Bonchev–Trinajstić information content (AvgIpc) is 2.41. The first-order chi connectivity index (χ1) is 9.54. The molecule has 3 nitrogen and oxygen atoms in total. The lowest BCUT2D eigenvalue weighted by molar-refractivity contribution is -0.115. The van der Waals surface area contributed by atoms with Crippen molar-refractivity contribution in [3.05, 3.63) is 29.8 Å². The van der Waals surface area contributed by atoms with Crippen LogP contribution in [-0.2, 0) is 4.79 Å². The van der Waals surface area contributed by atoms with Crippen molar-refractivity contribution >= 4 is 11.6 Å². The molecule has 0 bridgehead atoms. The lowest BCUT2D eigenvalue weighted by Gasteiger charge is -2.13. The minimum Gasteiger partial charge on any atom is -0.320 e. The summed E-state index contributed by atoms with van der Waals surface area (Å²) in [4.78, 5) is 11.6. The highest BCUT2D eigenvalue weighted by Gasteiger charge is 2.12. The number of nitrogens with one attached hydrogen (secondary N) is 2. The number of unbranched alkanes of at least 4 members (excludes halogenated alkanes) is 2. The van der Waals surface area contributed by atoms with E-state index in [9.17, 15) is 13.6 Å². The maximum atomic E-state index is 13.3. The van der Waals surface area contributed by atoms with Gasteiger partial charge >= 0.3 is 0 Å². The van der Waals surface area contributed by atoms with Gasteiger partial charge in [-0.05, 0) is 25.5 Å². The number of amides is 1. The van der Waals surface area contributed by atoms with E-state index in [0.29, 0.717) is 0 Å². The number of para-hydroxylation sites is 1. The Hall–Kier alpha value is -1.49. The number of anilines is 1. The number of carbonyl (C=O) groups excluding carboxylic acids is 1. The molecule has 0 saturated heterocycles. The van der Waals surface area contributed by atoms with Crippen LogP contribution in [0.5, 0.6) is 0 Å². The summed E-state index contributed by atoms with van der Waals surface area (Å²) in [6, 6.07) is 3.69. The lowest BCUT2D eigenvalue weighted by Crippen LogP contribution is -2.34. The van der Waals surface area contributed by atoms with Crippen molar-refractivity contribution in [2.75, 3.05) is 11.9 Å². The van der Waals surface area contributed by atoms with Crippen LogP contribution in [0.1, 0.15) is 39.5 Å². The van der Waals surface area contributed by atoms with Crippen LogP contribution in [0, 0.1) is 11.6 Å². The van der Waals surface area contributed by atoms with Gasteiger partial charge in [0, 0.05) is 6.04 Å². The summed E-state index contributed by atoms with van der Waals surface area (Å²) < 4.78 is 26.7. The molecule has 112 valence electrons. The number of hydrogen-bond donors (Lipinski definition) is 2. The third-order valence-electron chi connectivity index (χ3n) is 3.08. The summed E-state index contributed by atoms with van der Waals surface area (Å²) in [5, 5.41) is 5.29. The van der Waals surface area contributed by atoms with E-state index < -0.39 is 23.2 Å². The standard InChI is InChI=1S/C15H22F2N2O/c1-3-4-5-7-11(2)18-10-14(20)19-15-12(16)8-6-9-13(15)17/h6,8-9,11,18H,3-5,7,10H2,1-2H3,(H,19,20). The van der Waals surface area contributed by atoms with Gasteiger partial charge in [0.25, 0.3) is 0 Å². The quantitative estimate of drug-likeness (QED) is 0.718. The molecule has 1 aromatic rings. The Labute approximate surface area is 118 Å². The van der Waals surface area contributed by atoms with Crippen LogP contribution in [0.25, 0.3) is 0 Å². The van der Waals surface area contributed by atoms with Gasteiger partial charge in [0.05, 0.1) is 6.54 Å². The first-order valence-electron chi connectivity index (χ1n) is 7.01. The molecule has 0 aliphatic carbocycles. The zero-order valence-corrected chi connectivity index (χ0v) is 12.0. The van der Waals surface area contributed by atoms with E-state index in [1.807, 2.05) is 6.92 Å². The smallest absolute Gasteiger partial charge is 0.238 e. The molecule has 1 rings (SSSR count). The predicted octanol–water partition coefficient (Wildman–Crippen LogP) is 3.46. The van der Waals surface area contributed by atoms with Crippen LogP contribution >= 0.6 is 0 Å². The van der Waals surface area contributed by atoms with Crippen LogP contribution in [0.3, 0.4) is 0 Å². The topological polar surface area (TPSA) is 41.1 Å². The molecule has 0 aliphatic heterocycles. The molecule has 0 heterocycles. The number of carbonyl (C=O) groups is 1. The van der Waals surface area contributed by atoms with Crippen molar-refractivity contribution in [1.29, 1.82) is 0 Å². The van der Waals surface area contributed by atoms with E-state index in [4.69, 9.17) is 0 Å². The van der Waals surface area contributed by atoms with E-state index >= 15 is 0 Å². The summed E-state index contributed by atoms with van der Waals surface area (Å²) >= 11 is 0. The summed E-state index contributed by atoms with van der Waals surface area (Å²) in [5.41, 5.74) is -0.391. The van der Waals surface area contributed by atoms with Crippen molar-refractivity contribution in [1.82, 2.24) is 5.32 Å². The van der Waals surface area contributed by atoms with Crippen LogP contribution < -0.4 is 10.6 Å². The van der Waals surface area contributed by atoms with Crippen LogP contribution in [0.4, 0.5) is 14.5 Å². The summed E-state index contributed by atoms with van der Waals surface area (Å²) in [6.45, 7) is 4.17. The molecular formula is C15H22F2N2O. The fourth-order valence-electron chi connectivity index (χ4n) is 1.87. The fraction of sp³-hybridized carbons (Fsp3) is 0.533. The minimum absolute atomic E-state index is 0.0427. The second-order valence-corrected chi connectivity index (χ2v) is 4.92. The molecule has 0 aliphatic rings. The summed E-state index contributed by atoms with van der Waals surface area (Å²) in [5.74, 6) is -1.99. The molecule has 0 radical (unpaired) electrons. The molecule has 1 aromatic carbocycles. The van der Waals surface area contributed by atoms with Crippen molar-refractivity contribution in [2.24, 2.45) is 0 Å². The second-order valence-electron chi connectivity index (χ2n) is 4.92. The van der Waals surface area contributed by atoms with Gasteiger partial charge < -0.3 is 10.6 Å². The molecule has 0 saturated carbocycles. The summed E-state index contributed by atoms with van der Waals surface area (Å²) in [7, 11) is 0. The Morgan fingerprint density at radius 2 is 1.90 bits per heavy atom. The zero-order valence-electron chi connectivity index (χ0n) is 12.0. The lowest BCUT2D eigenvalue weighted by atomic mass is 10.1. The normalized spacial score (nSPS) is 12.2. The van der Waals surface area contributed by atoms with Gasteiger partial charge in [-0.2, -0.15) is 0 Å². The monoisotopic (exact) mass is 284 g/mol. The van der Waals surface area contributed by atoms with E-state index in [1.165, 1.54) is 12.5 Å². The molecule has 0 fully saturated rings. The van der Waals surface area contributed by atoms with Crippen molar-refractivity contribution < 1.29 is 13.6 Å². The highest BCUT2D eigenvalue weighted by molar-refractivity contribution is 5.92. The number of benzene rings is 1. The molecule has 2 N–H and O–H groups in total. The van der Waals surface area contributed by atoms with Gasteiger partial charge in [-0.15, -0.1) is 0 Å². The maximum Gasteiger partial charge on any atom is 0.238 e. The maximum absolute atomic E-state index is 13.3. The van der Waals surface area contributed by atoms with Gasteiger partial charge in [0.1, 0.15) is 17.3 Å². The third-order valence-corrected chi connectivity index (χ3v) is 3.08. The predicted molar refractivity (Wildman–Crippen MR) is 76.6 cm³/mol. The van der Waals surface area contributed by atoms with Gasteiger partial charge in [-0.25, -0.2) is 8.78 Å². The summed E-state index contributed by atoms with van der Waals surface area (Å²) in [6.07, 6.45) is 4.40. The van der Waals surface area contributed by atoms with Crippen molar-refractivity contribution in [3.8, 4) is 0 Å². The zero-order chi connectivity index (χ0) is 15.0. The second kappa shape index (κ2) is 8.64. The van der Waals surface area contributed by atoms with Crippen LogP contribution in [0.15, 0.2) is 18.2 Å². The van der Waals surface area contributed by atoms with Gasteiger partial charge in [-0.1, -0.05) is 32.3 Å². The highest BCUT2D eigenvalue weighted by atomic mass is 19.1. The van der Waals surface area contributed by atoms with E-state index in [0.717, 1.165) is 31.4 Å². The third kappa shape index (κ3) is 5.65. The molecular weight excluding hydrogens is 262 g/mol. The van der Waals surface area contributed by atoms with Gasteiger partial charge in [0.15, 0.2) is 0 Å². The van der Waals surface area contributed by atoms with Crippen molar-refractivity contribution in [3.63, 3.8) is 0 Å². The number of halogens is 2. The Balaban J connectivity index is 2.37. The number of rotatable bonds is 8. The molecule has 1 unspecified atom stereocenters. The van der Waals surface area contributed by atoms with E-state index in [2.05, 4.69) is 17.6 Å². The molecule has 0 spiro atoms. The van der Waals surface area contributed by atoms with E-state index in [-0.39, 0.29) is 12.6 Å². The highest BCUT2D eigenvalue weighted by Crippen LogP contribution is 2.17. The van der Waals surface area contributed by atoms with Gasteiger partial charge in [0.2, 0.25) is 5.91 Å². The molecule has 0 aromatic heterocycles. The Morgan fingerprint density at radius 3 is 2.50 bits per heavy atom. The Kier molecular flexibility index (Phi) is 7.15. The fourth-order valence-corrected chi connectivity index (χ4v) is 1.87. The van der Waals surface area contributed by atoms with Crippen molar-refractivity contribution in [2.45, 2.75) is 45.6 Å². The first-order valence-corrected chi connectivity index (χ1v) is 7.01. The molecule has 1 atom stereocenters. The van der Waals surface area contributed by atoms with Gasteiger partial charge in [-0.3, -0.25) is 4.79 Å². The first kappa shape index (κ1) is 16.6. The SMILES string of the molecule is CCCCCC(C)NCC(=O)Nc1c(F)cccc1F. The average molecular weight is 284 g/mol. The minimum atomic E-state index is -0.769. The molecule has 5 heteroatoms. The molecule has 1 amide bonds. The number of hydrogen-bond acceptors (Lipinski definition) is 2.